The Kier molecular flexibility index (Phi) is 3.08. The smallest absolute Gasteiger partial charge is 0.168 e. The van der Waals surface area contributed by atoms with Gasteiger partial charge in [-0.15, -0.1) is 0 Å². The first-order valence-corrected chi connectivity index (χ1v) is 5.18. The van der Waals surface area contributed by atoms with Crippen molar-refractivity contribution >= 4 is 0 Å². The van der Waals surface area contributed by atoms with Gasteiger partial charge in [0.25, 0.3) is 0 Å². The number of hydrogen-bond donors (Lipinski definition) is 0. The molecule has 0 saturated heterocycles. The van der Waals surface area contributed by atoms with Crippen molar-refractivity contribution in [2.75, 3.05) is 0 Å². The molecule has 0 radical (unpaired) electrons. The molecule has 0 saturated carbocycles. The van der Waals surface area contributed by atoms with Gasteiger partial charge in [0.05, 0.1) is 0 Å². The average Bonchev–Trinajstić information content (AvgIpc) is 2.30. The maximum atomic E-state index is 4.01. The molecule has 0 bridgehead atoms. The number of pyridine rings is 2. The molecule has 0 aliphatic heterocycles. The van der Waals surface area contributed by atoms with Gasteiger partial charge in [0, 0.05) is 24.5 Å². The Hall–Kier alpha value is -1.70. The first-order valence-electron chi connectivity index (χ1n) is 5.18. The van der Waals surface area contributed by atoms with Crippen molar-refractivity contribution in [1.29, 1.82) is 0 Å². The standard InChI is InChI=1S/C13H15N2/c1-15-10-6-13(7-11-15)3-2-12-4-8-14-9-5-12/h4-11H,2-3H2,1H3/q+1. The number of rotatable bonds is 3. The van der Waals surface area contributed by atoms with E-state index in [-0.39, 0.29) is 0 Å². The fraction of sp³-hybridized carbons (Fsp3) is 0.231. The Morgan fingerprint density at radius 1 is 0.933 bits per heavy atom. The van der Waals surface area contributed by atoms with E-state index in [1.54, 1.807) is 0 Å². The molecule has 0 aliphatic rings. The van der Waals surface area contributed by atoms with E-state index in [9.17, 15) is 0 Å². The molecule has 2 aromatic rings. The average molecular weight is 199 g/mol. The van der Waals surface area contributed by atoms with Gasteiger partial charge in [-0.1, -0.05) is 0 Å². The van der Waals surface area contributed by atoms with Crippen LogP contribution in [-0.4, -0.2) is 4.98 Å². The minimum atomic E-state index is 1.08. The lowest BCUT2D eigenvalue weighted by Gasteiger charge is -2.00. The maximum Gasteiger partial charge on any atom is 0.168 e. The van der Waals surface area contributed by atoms with Gasteiger partial charge in [0.1, 0.15) is 7.05 Å². The van der Waals surface area contributed by atoms with Gasteiger partial charge in [-0.2, -0.15) is 0 Å². The molecule has 2 nitrogen and oxygen atoms in total. The SMILES string of the molecule is C[n+]1ccc(CCc2ccncc2)cc1. The van der Waals surface area contributed by atoms with Gasteiger partial charge < -0.3 is 0 Å². The van der Waals surface area contributed by atoms with Crippen LogP contribution in [0.1, 0.15) is 11.1 Å². The van der Waals surface area contributed by atoms with Gasteiger partial charge >= 0.3 is 0 Å². The molecule has 2 heteroatoms. The predicted octanol–water partition coefficient (Wildman–Crippen LogP) is 1.69. The lowest BCUT2D eigenvalue weighted by molar-refractivity contribution is -0.671. The van der Waals surface area contributed by atoms with Crippen LogP contribution in [0.4, 0.5) is 0 Å². The Morgan fingerprint density at radius 2 is 1.47 bits per heavy atom. The normalized spacial score (nSPS) is 10.2. The number of hydrogen-bond acceptors (Lipinski definition) is 1. The lowest BCUT2D eigenvalue weighted by atomic mass is 10.1. The Balaban J connectivity index is 1.96. The molecule has 0 amide bonds. The van der Waals surface area contributed by atoms with E-state index >= 15 is 0 Å². The third kappa shape index (κ3) is 2.88. The van der Waals surface area contributed by atoms with Gasteiger partial charge in [0.2, 0.25) is 0 Å². The van der Waals surface area contributed by atoms with Crippen LogP contribution in [0.5, 0.6) is 0 Å². The summed E-state index contributed by atoms with van der Waals surface area (Å²) in [6.45, 7) is 0. The van der Waals surface area contributed by atoms with Crippen molar-refractivity contribution in [3.8, 4) is 0 Å². The summed E-state index contributed by atoms with van der Waals surface area (Å²) in [5.74, 6) is 0. The van der Waals surface area contributed by atoms with Gasteiger partial charge in [-0.3, -0.25) is 4.98 Å². The summed E-state index contributed by atoms with van der Waals surface area (Å²) in [5.41, 5.74) is 2.73. The van der Waals surface area contributed by atoms with Crippen LogP contribution in [0, 0.1) is 0 Å². The lowest BCUT2D eigenvalue weighted by Crippen LogP contribution is -2.25. The molecule has 76 valence electrons. The zero-order valence-electron chi connectivity index (χ0n) is 8.93. The summed E-state index contributed by atoms with van der Waals surface area (Å²) in [7, 11) is 2.03. The van der Waals surface area contributed by atoms with E-state index in [1.165, 1.54) is 11.1 Å². The van der Waals surface area contributed by atoms with Crippen molar-refractivity contribution in [2.24, 2.45) is 7.05 Å². The summed E-state index contributed by atoms with van der Waals surface area (Å²) in [4.78, 5) is 4.01. The quantitative estimate of drug-likeness (QED) is 0.687. The maximum absolute atomic E-state index is 4.01. The Morgan fingerprint density at radius 3 is 2.07 bits per heavy atom. The number of nitrogens with zero attached hydrogens (tertiary/aromatic N) is 2. The molecule has 0 aromatic carbocycles. The van der Waals surface area contributed by atoms with Crippen LogP contribution < -0.4 is 4.57 Å². The second-order valence-corrected chi connectivity index (χ2v) is 3.73. The highest BCUT2D eigenvalue weighted by atomic mass is 14.9. The van der Waals surface area contributed by atoms with Gasteiger partial charge in [0.15, 0.2) is 12.4 Å². The molecule has 2 aromatic heterocycles. The second-order valence-electron chi connectivity index (χ2n) is 3.73. The first kappa shape index (κ1) is 9.84. The second kappa shape index (κ2) is 4.69. The van der Waals surface area contributed by atoms with E-state index in [0.29, 0.717) is 0 Å². The molecular formula is C13H15N2+. The molecule has 0 spiro atoms. The fourth-order valence-corrected chi connectivity index (χ4v) is 1.54. The topological polar surface area (TPSA) is 16.8 Å². The van der Waals surface area contributed by atoms with Gasteiger partial charge in [-0.25, -0.2) is 4.57 Å². The summed E-state index contributed by atoms with van der Waals surface area (Å²) >= 11 is 0. The van der Waals surface area contributed by atoms with Crippen LogP contribution in [0.15, 0.2) is 49.1 Å². The summed E-state index contributed by atoms with van der Waals surface area (Å²) in [6.07, 6.45) is 10.0. The van der Waals surface area contributed by atoms with E-state index in [2.05, 4.69) is 46.2 Å². The van der Waals surface area contributed by atoms with E-state index in [1.807, 2.05) is 19.4 Å². The van der Waals surface area contributed by atoms with E-state index in [4.69, 9.17) is 0 Å². The third-order valence-corrected chi connectivity index (χ3v) is 2.50. The highest BCUT2D eigenvalue weighted by molar-refractivity contribution is 5.14. The largest absolute Gasteiger partial charge is 0.265 e. The van der Waals surface area contributed by atoms with Crippen LogP contribution in [0.25, 0.3) is 0 Å². The van der Waals surface area contributed by atoms with E-state index in [0.717, 1.165) is 12.8 Å². The summed E-state index contributed by atoms with van der Waals surface area (Å²) in [6, 6.07) is 8.48. The minimum Gasteiger partial charge on any atom is -0.265 e. The third-order valence-electron chi connectivity index (χ3n) is 2.50. The zero-order valence-corrected chi connectivity index (χ0v) is 8.93. The first-order chi connectivity index (χ1) is 7.34. The van der Waals surface area contributed by atoms with Crippen molar-refractivity contribution in [2.45, 2.75) is 12.8 Å². The molecule has 2 heterocycles. The monoisotopic (exact) mass is 199 g/mol. The predicted molar refractivity (Wildman–Crippen MR) is 59.3 cm³/mol. The molecule has 0 atom stereocenters. The molecular weight excluding hydrogens is 184 g/mol. The number of aromatic nitrogens is 2. The molecule has 15 heavy (non-hydrogen) atoms. The summed E-state index contributed by atoms with van der Waals surface area (Å²) in [5, 5.41) is 0. The molecule has 2 rings (SSSR count). The Bertz CT molecular complexity index is 406. The highest BCUT2D eigenvalue weighted by Crippen LogP contribution is 2.04. The van der Waals surface area contributed by atoms with Crippen LogP contribution in [0.2, 0.25) is 0 Å². The molecule has 0 fully saturated rings. The minimum absolute atomic E-state index is 1.08. The Labute approximate surface area is 90.2 Å². The zero-order chi connectivity index (χ0) is 10.5. The summed E-state index contributed by atoms with van der Waals surface area (Å²) < 4.78 is 2.05. The molecule has 0 N–H and O–H groups in total. The van der Waals surface area contributed by atoms with Crippen LogP contribution >= 0.6 is 0 Å². The fourth-order valence-electron chi connectivity index (χ4n) is 1.54. The van der Waals surface area contributed by atoms with Crippen LogP contribution in [-0.2, 0) is 19.9 Å². The molecule has 0 unspecified atom stereocenters. The van der Waals surface area contributed by atoms with Gasteiger partial charge in [-0.05, 0) is 36.1 Å². The van der Waals surface area contributed by atoms with Crippen molar-refractivity contribution in [3.05, 3.63) is 60.2 Å². The van der Waals surface area contributed by atoms with Crippen molar-refractivity contribution in [3.63, 3.8) is 0 Å². The number of aryl methyl sites for hydroxylation is 3. The van der Waals surface area contributed by atoms with Crippen molar-refractivity contribution in [1.82, 2.24) is 4.98 Å². The van der Waals surface area contributed by atoms with E-state index < -0.39 is 0 Å². The van der Waals surface area contributed by atoms with Crippen molar-refractivity contribution < 1.29 is 4.57 Å². The highest BCUT2D eigenvalue weighted by Gasteiger charge is 1.97. The molecule has 0 aliphatic carbocycles. The van der Waals surface area contributed by atoms with Crippen LogP contribution in [0.3, 0.4) is 0 Å².